The van der Waals surface area contributed by atoms with Crippen LogP contribution in [0.4, 0.5) is 0 Å². The number of carbonyl (C=O) groups is 1. The van der Waals surface area contributed by atoms with E-state index in [4.69, 9.17) is 10.9 Å². The Labute approximate surface area is 96.3 Å². The zero-order chi connectivity index (χ0) is 12.4. The van der Waals surface area contributed by atoms with Crippen LogP contribution in [0.15, 0.2) is 5.16 Å². The summed E-state index contributed by atoms with van der Waals surface area (Å²) in [5.74, 6) is 0.218. The van der Waals surface area contributed by atoms with Crippen molar-refractivity contribution in [2.75, 3.05) is 13.1 Å². The highest BCUT2D eigenvalue weighted by Crippen LogP contribution is 1.89. The molecule has 0 heterocycles. The van der Waals surface area contributed by atoms with Gasteiger partial charge in [-0.2, -0.15) is 0 Å². The van der Waals surface area contributed by atoms with Crippen molar-refractivity contribution >= 4 is 11.7 Å². The van der Waals surface area contributed by atoms with Crippen LogP contribution in [0.1, 0.15) is 33.1 Å². The van der Waals surface area contributed by atoms with E-state index in [1.54, 1.807) is 0 Å². The number of amides is 1. The number of rotatable bonds is 8. The molecule has 0 radical (unpaired) electrons. The molecule has 0 rings (SSSR count). The summed E-state index contributed by atoms with van der Waals surface area (Å²) in [7, 11) is 0. The lowest BCUT2D eigenvalue weighted by molar-refractivity contribution is -0.122. The minimum Gasteiger partial charge on any atom is -0.409 e. The first-order valence-corrected chi connectivity index (χ1v) is 5.59. The molecule has 5 N–H and O–H groups in total. The highest BCUT2D eigenvalue weighted by atomic mass is 16.4. The minimum atomic E-state index is -0.209. The molecule has 0 saturated heterocycles. The Morgan fingerprint density at radius 3 is 2.75 bits per heavy atom. The van der Waals surface area contributed by atoms with Crippen LogP contribution in [-0.2, 0) is 4.79 Å². The molecule has 0 aromatic rings. The lowest BCUT2D eigenvalue weighted by atomic mass is 10.2. The van der Waals surface area contributed by atoms with Crippen molar-refractivity contribution < 1.29 is 10.0 Å². The zero-order valence-corrected chi connectivity index (χ0v) is 9.99. The van der Waals surface area contributed by atoms with Crippen LogP contribution in [0.3, 0.4) is 0 Å². The zero-order valence-electron chi connectivity index (χ0n) is 9.99. The van der Waals surface area contributed by atoms with Gasteiger partial charge in [-0.1, -0.05) is 12.1 Å². The molecule has 0 aliphatic heterocycles. The molecule has 0 fully saturated rings. The first-order valence-electron chi connectivity index (χ1n) is 5.59. The van der Waals surface area contributed by atoms with E-state index in [1.807, 2.05) is 13.8 Å². The first-order chi connectivity index (χ1) is 7.61. The quantitative estimate of drug-likeness (QED) is 0.155. The second-order valence-corrected chi connectivity index (χ2v) is 3.66. The lowest BCUT2D eigenvalue weighted by Crippen LogP contribution is -2.42. The van der Waals surface area contributed by atoms with Crippen molar-refractivity contribution in [1.29, 1.82) is 0 Å². The maximum atomic E-state index is 11.4. The highest BCUT2D eigenvalue weighted by molar-refractivity contribution is 5.81. The predicted molar refractivity (Wildman–Crippen MR) is 63.4 cm³/mol. The van der Waals surface area contributed by atoms with Gasteiger partial charge < -0.3 is 21.6 Å². The molecule has 0 bridgehead atoms. The van der Waals surface area contributed by atoms with Crippen LogP contribution >= 0.6 is 0 Å². The van der Waals surface area contributed by atoms with E-state index < -0.39 is 0 Å². The van der Waals surface area contributed by atoms with Crippen LogP contribution in [0, 0.1) is 0 Å². The molecule has 16 heavy (non-hydrogen) atoms. The van der Waals surface area contributed by atoms with Crippen LogP contribution in [0.25, 0.3) is 0 Å². The maximum absolute atomic E-state index is 11.4. The van der Waals surface area contributed by atoms with E-state index in [0.29, 0.717) is 19.5 Å². The summed E-state index contributed by atoms with van der Waals surface area (Å²) in [6, 6.07) is -0.209. The number of hydrogen-bond acceptors (Lipinski definition) is 4. The summed E-state index contributed by atoms with van der Waals surface area (Å²) >= 11 is 0. The van der Waals surface area contributed by atoms with Gasteiger partial charge in [-0.3, -0.25) is 4.79 Å². The van der Waals surface area contributed by atoms with Gasteiger partial charge in [-0.15, -0.1) is 0 Å². The Morgan fingerprint density at radius 1 is 1.50 bits per heavy atom. The van der Waals surface area contributed by atoms with Crippen LogP contribution < -0.4 is 16.4 Å². The number of nitrogens with one attached hydrogen (secondary N) is 2. The fourth-order valence-electron chi connectivity index (χ4n) is 1.13. The van der Waals surface area contributed by atoms with Gasteiger partial charge in [-0.25, -0.2) is 0 Å². The topological polar surface area (TPSA) is 99.7 Å². The number of oxime groups is 1. The molecular weight excluding hydrogens is 208 g/mol. The van der Waals surface area contributed by atoms with Crippen LogP contribution in [0.2, 0.25) is 0 Å². The van der Waals surface area contributed by atoms with Gasteiger partial charge >= 0.3 is 0 Å². The second-order valence-electron chi connectivity index (χ2n) is 3.66. The van der Waals surface area contributed by atoms with Crippen molar-refractivity contribution in [3.8, 4) is 0 Å². The maximum Gasteiger partial charge on any atom is 0.236 e. The molecule has 0 spiro atoms. The number of carbonyl (C=O) groups excluding carboxylic acids is 1. The van der Waals surface area contributed by atoms with Crippen molar-refractivity contribution in [2.45, 2.75) is 39.2 Å². The third-order valence-corrected chi connectivity index (χ3v) is 2.13. The fraction of sp³-hybridized carbons (Fsp3) is 0.800. The summed E-state index contributed by atoms with van der Waals surface area (Å²) in [5.41, 5.74) is 5.31. The Bertz CT molecular complexity index is 231. The third-order valence-electron chi connectivity index (χ3n) is 2.13. The predicted octanol–water partition coefficient (Wildman–Crippen LogP) is 0.0173. The van der Waals surface area contributed by atoms with E-state index >= 15 is 0 Å². The monoisotopic (exact) mass is 230 g/mol. The first kappa shape index (κ1) is 14.7. The van der Waals surface area contributed by atoms with Crippen molar-refractivity contribution in [1.82, 2.24) is 10.6 Å². The Kier molecular flexibility index (Phi) is 8.24. The normalized spacial score (nSPS) is 13.5. The van der Waals surface area contributed by atoms with Gasteiger partial charge in [-0.05, 0) is 26.3 Å². The Morgan fingerprint density at radius 2 is 2.19 bits per heavy atom. The standard InChI is InChI=1S/C10H22N4O2/c1-3-6-13-10(15)8(2)12-7-4-5-9(11)14-16/h8,12,16H,3-7H2,1-2H3,(H2,11,14)(H,13,15). The molecular formula is C10H22N4O2. The molecule has 1 atom stereocenters. The lowest BCUT2D eigenvalue weighted by Gasteiger charge is -2.13. The van der Waals surface area contributed by atoms with Gasteiger partial charge in [0.25, 0.3) is 0 Å². The van der Waals surface area contributed by atoms with E-state index in [9.17, 15) is 4.79 Å². The van der Waals surface area contributed by atoms with Crippen molar-refractivity contribution in [2.24, 2.45) is 10.9 Å². The number of nitrogens with two attached hydrogens (primary N) is 1. The van der Waals surface area contributed by atoms with Crippen molar-refractivity contribution in [3.05, 3.63) is 0 Å². The highest BCUT2D eigenvalue weighted by Gasteiger charge is 2.10. The average molecular weight is 230 g/mol. The number of amidine groups is 1. The van der Waals surface area contributed by atoms with Gasteiger partial charge in [0.1, 0.15) is 5.84 Å². The van der Waals surface area contributed by atoms with E-state index in [2.05, 4.69) is 15.8 Å². The molecule has 94 valence electrons. The molecule has 0 aliphatic rings. The van der Waals surface area contributed by atoms with Gasteiger partial charge in [0.2, 0.25) is 5.91 Å². The second kappa shape index (κ2) is 8.96. The molecule has 1 amide bonds. The molecule has 0 aromatic carbocycles. The molecule has 0 aromatic heterocycles. The summed E-state index contributed by atoms with van der Waals surface area (Å²) in [6.45, 7) is 5.19. The van der Waals surface area contributed by atoms with E-state index in [-0.39, 0.29) is 17.8 Å². The SMILES string of the molecule is CCCNC(=O)C(C)NCCCC(N)=NO. The molecule has 0 saturated carbocycles. The smallest absolute Gasteiger partial charge is 0.236 e. The van der Waals surface area contributed by atoms with Crippen molar-refractivity contribution in [3.63, 3.8) is 0 Å². The average Bonchev–Trinajstić information content (AvgIpc) is 2.30. The summed E-state index contributed by atoms with van der Waals surface area (Å²) in [6.07, 6.45) is 2.19. The summed E-state index contributed by atoms with van der Waals surface area (Å²) in [4.78, 5) is 11.4. The Hall–Kier alpha value is -1.30. The van der Waals surface area contributed by atoms with Gasteiger partial charge in [0.05, 0.1) is 6.04 Å². The Balaban J connectivity index is 3.56. The summed E-state index contributed by atoms with van der Waals surface area (Å²) in [5, 5.41) is 17.0. The van der Waals surface area contributed by atoms with E-state index in [1.165, 1.54) is 0 Å². The molecule has 1 unspecified atom stereocenters. The number of nitrogens with zero attached hydrogens (tertiary/aromatic N) is 1. The fourth-order valence-corrected chi connectivity index (χ4v) is 1.13. The van der Waals surface area contributed by atoms with Gasteiger partial charge in [0, 0.05) is 13.0 Å². The third kappa shape index (κ3) is 7.05. The van der Waals surface area contributed by atoms with Crippen LogP contribution in [0.5, 0.6) is 0 Å². The minimum absolute atomic E-state index is 0.00523. The molecule has 6 nitrogen and oxygen atoms in total. The largest absolute Gasteiger partial charge is 0.409 e. The molecule has 6 heteroatoms. The summed E-state index contributed by atoms with van der Waals surface area (Å²) < 4.78 is 0. The molecule has 0 aliphatic carbocycles. The van der Waals surface area contributed by atoms with E-state index in [0.717, 1.165) is 12.8 Å². The van der Waals surface area contributed by atoms with Gasteiger partial charge in [0.15, 0.2) is 0 Å². The van der Waals surface area contributed by atoms with Crippen LogP contribution in [-0.4, -0.2) is 36.1 Å². The number of hydrogen-bond donors (Lipinski definition) is 4.